The number of nitrogens with one attached hydrogen (secondary N) is 1. The number of benzene rings is 3. The summed E-state index contributed by atoms with van der Waals surface area (Å²) in [5.74, 6) is 0.976. The molecular formula is C27H23ClN2O3S. The van der Waals surface area contributed by atoms with E-state index in [4.69, 9.17) is 21.1 Å². The number of ether oxygens (including phenoxy) is 2. The van der Waals surface area contributed by atoms with Gasteiger partial charge in [0, 0.05) is 22.0 Å². The second-order valence-electron chi connectivity index (χ2n) is 7.49. The Kier molecular flexibility index (Phi) is 7.62. The Labute approximate surface area is 207 Å². The molecule has 0 saturated heterocycles. The fourth-order valence-electron chi connectivity index (χ4n) is 3.24. The average Bonchev–Trinajstić information content (AvgIpc) is 3.31. The van der Waals surface area contributed by atoms with Gasteiger partial charge in [0.15, 0.2) is 16.6 Å². The molecule has 0 aliphatic carbocycles. The molecule has 0 atom stereocenters. The Bertz CT molecular complexity index is 1320. The lowest BCUT2D eigenvalue weighted by molar-refractivity contribution is -0.111. The Morgan fingerprint density at radius 3 is 2.65 bits per heavy atom. The summed E-state index contributed by atoms with van der Waals surface area (Å²) in [6, 6.07) is 21.0. The normalized spacial score (nSPS) is 10.9. The molecule has 1 aromatic heterocycles. The lowest BCUT2D eigenvalue weighted by atomic mass is 10.1. The number of rotatable bonds is 8. The van der Waals surface area contributed by atoms with Crippen LogP contribution in [0.25, 0.3) is 17.3 Å². The van der Waals surface area contributed by atoms with Crippen molar-refractivity contribution in [2.24, 2.45) is 0 Å². The first-order valence-corrected chi connectivity index (χ1v) is 11.8. The van der Waals surface area contributed by atoms with Gasteiger partial charge >= 0.3 is 0 Å². The fourth-order valence-corrected chi connectivity index (χ4v) is 4.09. The van der Waals surface area contributed by atoms with Crippen LogP contribution in [0.15, 0.2) is 78.2 Å². The monoisotopic (exact) mass is 490 g/mol. The number of amides is 1. The zero-order valence-electron chi connectivity index (χ0n) is 18.7. The summed E-state index contributed by atoms with van der Waals surface area (Å²) < 4.78 is 11.4. The molecule has 0 unspecified atom stereocenters. The molecule has 4 rings (SSSR count). The van der Waals surface area contributed by atoms with Gasteiger partial charge in [0.1, 0.15) is 6.61 Å². The Hall–Kier alpha value is -3.61. The van der Waals surface area contributed by atoms with E-state index in [1.54, 1.807) is 13.2 Å². The first-order chi connectivity index (χ1) is 16.5. The van der Waals surface area contributed by atoms with Gasteiger partial charge in [-0.1, -0.05) is 54.1 Å². The number of hydrogen-bond donors (Lipinski definition) is 1. The maximum Gasteiger partial charge on any atom is 0.250 e. The Balaban J connectivity index is 1.38. The summed E-state index contributed by atoms with van der Waals surface area (Å²) in [5.41, 5.74) is 4.83. The van der Waals surface area contributed by atoms with E-state index < -0.39 is 0 Å². The van der Waals surface area contributed by atoms with Crippen molar-refractivity contribution in [2.45, 2.75) is 13.5 Å². The quantitative estimate of drug-likeness (QED) is 0.270. The summed E-state index contributed by atoms with van der Waals surface area (Å²) >= 11 is 7.30. The first-order valence-electron chi connectivity index (χ1n) is 10.6. The summed E-state index contributed by atoms with van der Waals surface area (Å²) in [6.45, 7) is 2.51. The van der Waals surface area contributed by atoms with Crippen molar-refractivity contribution in [1.29, 1.82) is 0 Å². The molecule has 1 amide bonds. The van der Waals surface area contributed by atoms with Crippen LogP contribution < -0.4 is 14.8 Å². The van der Waals surface area contributed by atoms with Crippen LogP contribution in [0.4, 0.5) is 5.13 Å². The lowest BCUT2D eigenvalue weighted by Gasteiger charge is -2.12. The van der Waals surface area contributed by atoms with Crippen LogP contribution in [0.1, 0.15) is 16.7 Å². The molecule has 0 saturated carbocycles. The van der Waals surface area contributed by atoms with Crippen LogP contribution in [0.2, 0.25) is 5.02 Å². The van der Waals surface area contributed by atoms with Crippen LogP contribution >= 0.6 is 22.9 Å². The molecule has 34 heavy (non-hydrogen) atoms. The molecular weight excluding hydrogens is 468 g/mol. The van der Waals surface area contributed by atoms with Gasteiger partial charge in [-0.25, -0.2) is 4.98 Å². The van der Waals surface area contributed by atoms with Crippen molar-refractivity contribution in [3.8, 4) is 22.8 Å². The van der Waals surface area contributed by atoms with Crippen molar-refractivity contribution in [3.63, 3.8) is 0 Å². The smallest absolute Gasteiger partial charge is 0.250 e. The average molecular weight is 491 g/mol. The third-order valence-corrected chi connectivity index (χ3v) is 6.14. The molecule has 4 aromatic rings. The highest BCUT2D eigenvalue weighted by Gasteiger charge is 2.08. The van der Waals surface area contributed by atoms with Crippen molar-refractivity contribution in [3.05, 3.63) is 99.9 Å². The number of aromatic nitrogens is 1. The van der Waals surface area contributed by atoms with E-state index in [1.165, 1.54) is 23.0 Å². The fraction of sp³-hybridized carbons (Fsp3) is 0.111. The predicted octanol–water partition coefficient (Wildman–Crippen LogP) is 7.01. The highest BCUT2D eigenvalue weighted by molar-refractivity contribution is 7.14. The minimum absolute atomic E-state index is 0.268. The van der Waals surface area contributed by atoms with E-state index in [2.05, 4.69) is 23.3 Å². The van der Waals surface area contributed by atoms with Gasteiger partial charge in [-0.2, -0.15) is 0 Å². The number of thiazole rings is 1. The maximum absolute atomic E-state index is 12.4. The first kappa shape index (κ1) is 23.5. The number of carbonyl (C=O) groups is 1. The third kappa shape index (κ3) is 6.04. The van der Waals surface area contributed by atoms with Gasteiger partial charge in [-0.15, -0.1) is 11.3 Å². The molecule has 1 N–H and O–H groups in total. The van der Waals surface area contributed by atoms with Crippen LogP contribution in [0.5, 0.6) is 11.5 Å². The number of carbonyl (C=O) groups excluding carboxylic acids is 1. The minimum atomic E-state index is -0.268. The molecule has 3 aromatic carbocycles. The van der Waals surface area contributed by atoms with Crippen molar-refractivity contribution < 1.29 is 14.3 Å². The third-order valence-electron chi connectivity index (χ3n) is 5.13. The number of hydrogen-bond acceptors (Lipinski definition) is 5. The predicted molar refractivity (Wildman–Crippen MR) is 139 cm³/mol. The van der Waals surface area contributed by atoms with Crippen molar-refractivity contribution in [2.75, 3.05) is 12.4 Å². The van der Waals surface area contributed by atoms with E-state index in [-0.39, 0.29) is 5.91 Å². The highest BCUT2D eigenvalue weighted by atomic mass is 35.5. The molecule has 0 aliphatic heterocycles. The summed E-state index contributed by atoms with van der Waals surface area (Å²) in [6.07, 6.45) is 3.18. The topological polar surface area (TPSA) is 60.5 Å². The second-order valence-corrected chi connectivity index (χ2v) is 8.79. The number of aryl methyl sites for hydroxylation is 1. The van der Waals surface area contributed by atoms with Gasteiger partial charge in [0.05, 0.1) is 12.8 Å². The molecule has 0 radical (unpaired) electrons. The largest absolute Gasteiger partial charge is 0.493 e. The minimum Gasteiger partial charge on any atom is -0.493 e. The molecule has 7 heteroatoms. The Morgan fingerprint density at radius 2 is 1.88 bits per heavy atom. The standard InChI is InChI=1S/C27H23ClN2O3S/c1-18-5-3-4-6-21(18)16-33-24-13-7-19(15-25(24)32-2)8-14-26(31)30-27-29-23(17-34-27)20-9-11-22(28)12-10-20/h3-15,17H,16H2,1-2H3,(H,29,30,31)/b14-8+. The van der Waals surface area contributed by atoms with Gasteiger partial charge in [0.25, 0.3) is 0 Å². The summed E-state index contributed by atoms with van der Waals surface area (Å²) in [7, 11) is 1.59. The summed E-state index contributed by atoms with van der Waals surface area (Å²) in [4.78, 5) is 16.9. The zero-order chi connectivity index (χ0) is 23.9. The Morgan fingerprint density at radius 1 is 1.09 bits per heavy atom. The molecule has 1 heterocycles. The van der Waals surface area contributed by atoms with Crippen LogP contribution in [0.3, 0.4) is 0 Å². The van der Waals surface area contributed by atoms with E-state index in [0.29, 0.717) is 28.3 Å². The molecule has 5 nitrogen and oxygen atoms in total. The highest BCUT2D eigenvalue weighted by Crippen LogP contribution is 2.30. The van der Waals surface area contributed by atoms with Gasteiger partial charge in [0.2, 0.25) is 5.91 Å². The van der Waals surface area contributed by atoms with E-state index in [1.807, 2.05) is 66.0 Å². The molecule has 0 aliphatic rings. The second kappa shape index (κ2) is 11.0. The van der Waals surface area contributed by atoms with Crippen molar-refractivity contribution in [1.82, 2.24) is 4.98 Å². The van der Waals surface area contributed by atoms with Crippen molar-refractivity contribution >= 4 is 40.1 Å². The SMILES string of the molecule is COc1cc(/C=C/C(=O)Nc2nc(-c3ccc(Cl)cc3)cs2)ccc1OCc1ccccc1C. The summed E-state index contributed by atoms with van der Waals surface area (Å²) in [5, 5.41) is 5.88. The van der Waals surface area contributed by atoms with Gasteiger partial charge < -0.3 is 9.47 Å². The number of methoxy groups -OCH3 is 1. The maximum atomic E-state index is 12.4. The van der Waals surface area contributed by atoms with E-state index >= 15 is 0 Å². The molecule has 172 valence electrons. The van der Waals surface area contributed by atoms with Gasteiger partial charge in [-0.3, -0.25) is 10.1 Å². The lowest BCUT2D eigenvalue weighted by Crippen LogP contribution is -2.07. The molecule has 0 bridgehead atoms. The van der Waals surface area contributed by atoms with Crippen LogP contribution in [-0.4, -0.2) is 18.0 Å². The molecule has 0 spiro atoms. The zero-order valence-corrected chi connectivity index (χ0v) is 20.3. The van der Waals surface area contributed by atoms with E-state index in [0.717, 1.165) is 22.4 Å². The van der Waals surface area contributed by atoms with Crippen LogP contribution in [0, 0.1) is 6.92 Å². The number of anilines is 1. The van der Waals surface area contributed by atoms with Gasteiger partial charge in [-0.05, 0) is 54.0 Å². The molecule has 0 fully saturated rings. The van der Waals surface area contributed by atoms with E-state index in [9.17, 15) is 4.79 Å². The number of nitrogens with zero attached hydrogens (tertiary/aromatic N) is 1. The number of halogens is 1. The van der Waals surface area contributed by atoms with Crippen LogP contribution in [-0.2, 0) is 11.4 Å².